The second-order valence-corrected chi connectivity index (χ2v) is 13.5. The van der Waals surface area contributed by atoms with Crippen molar-refractivity contribution in [3.63, 3.8) is 0 Å². The average Bonchev–Trinajstić information content (AvgIpc) is 3.13. The summed E-state index contributed by atoms with van der Waals surface area (Å²) < 4.78 is 24.2. The first-order valence-electron chi connectivity index (χ1n) is 11.7. The normalized spacial score (nSPS) is 27.0. The molecule has 2 unspecified atom stereocenters. The van der Waals surface area contributed by atoms with Gasteiger partial charge in [-0.25, -0.2) is 0 Å². The van der Waals surface area contributed by atoms with Crippen molar-refractivity contribution in [3.8, 4) is 0 Å². The molecule has 0 aromatic rings. The highest BCUT2D eigenvalue weighted by molar-refractivity contribution is 7.59. The number of amides is 2. The Morgan fingerprint density at radius 3 is 2.55 bits per heavy atom. The van der Waals surface area contributed by atoms with E-state index in [1.807, 2.05) is 34.6 Å². The van der Waals surface area contributed by atoms with Gasteiger partial charge in [-0.05, 0) is 12.8 Å². The molecule has 0 saturated carbocycles. The fourth-order valence-electron chi connectivity index (χ4n) is 3.89. The molecule has 0 bridgehead atoms. The lowest BCUT2D eigenvalue weighted by molar-refractivity contribution is -0.144. The predicted molar refractivity (Wildman–Crippen MR) is 124 cm³/mol. The summed E-state index contributed by atoms with van der Waals surface area (Å²) in [5.74, 6) is -1.15. The molecule has 2 fully saturated rings. The summed E-state index contributed by atoms with van der Waals surface area (Å²) in [4.78, 5) is 48.1. The molecule has 33 heavy (non-hydrogen) atoms. The third-order valence-electron chi connectivity index (χ3n) is 6.29. The lowest BCUT2D eigenvalue weighted by Gasteiger charge is -2.41. The van der Waals surface area contributed by atoms with Gasteiger partial charge in [-0.3, -0.25) is 23.7 Å². The van der Waals surface area contributed by atoms with Crippen LogP contribution in [-0.2, 0) is 33.0 Å². The van der Waals surface area contributed by atoms with E-state index in [0.717, 1.165) is 0 Å². The van der Waals surface area contributed by atoms with E-state index in [4.69, 9.17) is 9.26 Å². The Morgan fingerprint density at radius 2 is 1.94 bits per heavy atom. The van der Waals surface area contributed by atoms with Crippen LogP contribution < -0.4 is 10.6 Å². The number of hydrogen-bond acceptors (Lipinski definition) is 7. The minimum absolute atomic E-state index is 0.0165. The summed E-state index contributed by atoms with van der Waals surface area (Å²) in [5.41, 5.74) is -0.932. The second-order valence-electron chi connectivity index (χ2n) is 10.8. The van der Waals surface area contributed by atoms with Crippen molar-refractivity contribution in [2.45, 2.75) is 72.8 Å². The minimum Gasteiger partial charge on any atom is -0.463 e. The number of rotatable bonds is 10. The third-order valence-corrected chi connectivity index (χ3v) is 8.81. The monoisotopic (exact) mass is 486 g/mol. The number of ketones is 1. The molecule has 0 aromatic carbocycles. The molecule has 2 aliphatic heterocycles. The highest BCUT2D eigenvalue weighted by Gasteiger charge is 2.46. The van der Waals surface area contributed by atoms with Crippen molar-refractivity contribution in [1.29, 1.82) is 0 Å². The minimum atomic E-state index is -3.03. The molecule has 0 spiro atoms. The summed E-state index contributed by atoms with van der Waals surface area (Å²) in [6.45, 7) is 9.82. The zero-order chi connectivity index (χ0) is 24.9. The number of carbonyl (C=O) groups excluding carboxylic acids is 4. The Kier molecular flexibility index (Phi) is 9.28. The van der Waals surface area contributed by atoms with Gasteiger partial charge in [-0.2, -0.15) is 0 Å². The van der Waals surface area contributed by atoms with Crippen LogP contribution in [0, 0.1) is 16.7 Å². The molecule has 9 nitrogen and oxygen atoms in total. The maximum Gasteiger partial charge on any atom is 0.307 e. The Morgan fingerprint density at radius 1 is 1.24 bits per heavy atom. The summed E-state index contributed by atoms with van der Waals surface area (Å²) in [5, 5.41) is 5.49. The summed E-state index contributed by atoms with van der Waals surface area (Å²) >= 11 is 0. The van der Waals surface area contributed by atoms with Crippen molar-refractivity contribution < 1.29 is 33.0 Å². The summed E-state index contributed by atoms with van der Waals surface area (Å²) in [7, 11) is -3.03. The first-order chi connectivity index (χ1) is 15.2. The van der Waals surface area contributed by atoms with E-state index in [-0.39, 0.29) is 62.1 Å². The van der Waals surface area contributed by atoms with Crippen LogP contribution >= 0.6 is 7.37 Å². The van der Waals surface area contributed by atoms with Crippen LogP contribution in [0.25, 0.3) is 0 Å². The van der Waals surface area contributed by atoms with Gasteiger partial charge >= 0.3 is 5.97 Å². The number of carbonyl (C=O) groups is 4. The first-order valence-corrected chi connectivity index (χ1v) is 13.7. The van der Waals surface area contributed by atoms with E-state index in [2.05, 4.69) is 10.6 Å². The molecule has 10 heteroatoms. The molecule has 2 amide bonds. The fourth-order valence-corrected chi connectivity index (χ4v) is 6.73. The van der Waals surface area contributed by atoms with Crippen molar-refractivity contribution in [1.82, 2.24) is 10.6 Å². The van der Waals surface area contributed by atoms with E-state index >= 15 is 0 Å². The molecular weight excluding hydrogens is 447 g/mol. The van der Waals surface area contributed by atoms with Gasteiger partial charge in [0.05, 0.1) is 25.0 Å². The molecular formula is C23H39N2O7P. The predicted octanol–water partition coefficient (Wildman–Crippen LogP) is 2.66. The SMILES string of the molecule is CC(C)(C)C(=O)CCCP1(=O)C[C@@H](C(=O)NCCC(=O)OCC2CCC(=O)N2)C(C)(C)CO1. The summed E-state index contributed by atoms with van der Waals surface area (Å²) in [6.07, 6.45) is 2.31. The van der Waals surface area contributed by atoms with Gasteiger partial charge in [0.25, 0.3) is 0 Å². The number of Topliss-reactive ketones (excluding diaryl/α,β-unsaturated/α-hetero) is 1. The van der Waals surface area contributed by atoms with E-state index in [0.29, 0.717) is 25.7 Å². The van der Waals surface area contributed by atoms with Gasteiger partial charge in [-0.15, -0.1) is 0 Å². The van der Waals surface area contributed by atoms with Crippen LogP contribution in [0.3, 0.4) is 0 Å². The lowest BCUT2D eigenvalue weighted by atomic mass is 9.80. The Bertz CT molecular complexity index is 803. The molecule has 2 aliphatic rings. The lowest BCUT2D eigenvalue weighted by Crippen LogP contribution is -2.46. The van der Waals surface area contributed by atoms with Gasteiger partial charge in [-0.1, -0.05) is 34.6 Å². The molecule has 2 heterocycles. The fraction of sp³-hybridized carbons (Fsp3) is 0.826. The van der Waals surface area contributed by atoms with Crippen LogP contribution in [0.4, 0.5) is 0 Å². The van der Waals surface area contributed by atoms with E-state index < -0.39 is 30.1 Å². The Hall–Kier alpha value is -1.73. The molecule has 0 aromatic heterocycles. The van der Waals surface area contributed by atoms with Crippen molar-refractivity contribution in [2.75, 3.05) is 32.1 Å². The molecule has 2 saturated heterocycles. The molecule has 0 aliphatic carbocycles. The standard InChI is InChI=1S/C23H39N2O7P/c1-22(2,3)18(26)7-6-12-33(30)14-17(23(4,5)15-32-33)21(29)24-11-10-20(28)31-13-16-8-9-19(27)25-16/h16-17H,6-15H2,1-5H3,(H,24,29)(H,25,27)/t16?,17-,33?/m0/s1. The maximum atomic E-state index is 13.3. The average molecular weight is 487 g/mol. The number of ether oxygens (including phenoxy) is 1. The van der Waals surface area contributed by atoms with E-state index in [1.165, 1.54) is 0 Å². The molecule has 188 valence electrons. The highest BCUT2D eigenvalue weighted by Crippen LogP contribution is 2.57. The van der Waals surface area contributed by atoms with Crippen molar-refractivity contribution >= 4 is 30.9 Å². The zero-order valence-electron chi connectivity index (χ0n) is 20.5. The van der Waals surface area contributed by atoms with Crippen LogP contribution in [0.2, 0.25) is 0 Å². The topological polar surface area (TPSA) is 128 Å². The van der Waals surface area contributed by atoms with Crippen molar-refractivity contribution in [3.05, 3.63) is 0 Å². The number of nitrogens with one attached hydrogen (secondary N) is 2. The van der Waals surface area contributed by atoms with E-state index in [1.54, 1.807) is 0 Å². The highest BCUT2D eigenvalue weighted by atomic mass is 31.2. The zero-order valence-corrected chi connectivity index (χ0v) is 21.4. The maximum absolute atomic E-state index is 13.3. The van der Waals surface area contributed by atoms with Crippen LogP contribution in [0.5, 0.6) is 0 Å². The van der Waals surface area contributed by atoms with Gasteiger partial charge < -0.3 is 19.9 Å². The molecule has 2 rings (SSSR count). The smallest absolute Gasteiger partial charge is 0.307 e. The summed E-state index contributed by atoms with van der Waals surface area (Å²) in [6, 6.07) is -0.146. The van der Waals surface area contributed by atoms with Gasteiger partial charge in [0, 0.05) is 42.5 Å². The van der Waals surface area contributed by atoms with Gasteiger partial charge in [0.2, 0.25) is 19.2 Å². The van der Waals surface area contributed by atoms with Crippen LogP contribution in [0.1, 0.15) is 66.7 Å². The molecule has 3 atom stereocenters. The number of hydrogen-bond donors (Lipinski definition) is 2. The van der Waals surface area contributed by atoms with Crippen LogP contribution in [-0.4, -0.2) is 61.7 Å². The third kappa shape index (κ3) is 8.53. The van der Waals surface area contributed by atoms with Crippen LogP contribution in [0.15, 0.2) is 0 Å². The Labute approximate surface area is 196 Å². The quantitative estimate of drug-likeness (QED) is 0.359. The van der Waals surface area contributed by atoms with Gasteiger partial charge in [0.15, 0.2) is 0 Å². The molecule has 2 N–H and O–H groups in total. The van der Waals surface area contributed by atoms with Crippen molar-refractivity contribution in [2.24, 2.45) is 16.7 Å². The first kappa shape index (κ1) is 27.5. The largest absolute Gasteiger partial charge is 0.463 e. The van der Waals surface area contributed by atoms with E-state index in [9.17, 15) is 23.7 Å². The second kappa shape index (κ2) is 11.1. The number of esters is 1. The Balaban J connectivity index is 1.79. The molecule has 0 radical (unpaired) electrons. The van der Waals surface area contributed by atoms with Gasteiger partial charge in [0.1, 0.15) is 12.4 Å².